The van der Waals surface area contributed by atoms with Gasteiger partial charge in [0, 0.05) is 4.47 Å². The predicted molar refractivity (Wildman–Crippen MR) is 81.4 cm³/mol. The molecule has 0 aliphatic heterocycles. The first kappa shape index (κ1) is 14.3. The standard InChI is InChI=1S/C15H13BrN2O2/c16-11-7-5-10(6-8-11)9-14(19)18-13-4-2-1-3-12(13)15(17)20/h1-8H,9H2,(H2,17,20)(H,18,19). The maximum absolute atomic E-state index is 12.0. The molecule has 0 aromatic heterocycles. The Hall–Kier alpha value is -2.14. The number of anilines is 1. The lowest BCUT2D eigenvalue weighted by molar-refractivity contribution is -0.115. The van der Waals surface area contributed by atoms with Gasteiger partial charge in [0.25, 0.3) is 5.91 Å². The summed E-state index contributed by atoms with van der Waals surface area (Å²) in [6, 6.07) is 14.1. The molecule has 2 rings (SSSR count). The first-order chi connectivity index (χ1) is 9.56. The highest BCUT2D eigenvalue weighted by atomic mass is 79.9. The molecule has 2 aromatic rings. The van der Waals surface area contributed by atoms with Gasteiger partial charge >= 0.3 is 0 Å². The molecule has 5 heteroatoms. The van der Waals surface area contributed by atoms with Gasteiger partial charge in [-0.2, -0.15) is 0 Å². The van der Waals surface area contributed by atoms with Crippen molar-refractivity contribution in [2.75, 3.05) is 5.32 Å². The fraction of sp³-hybridized carbons (Fsp3) is 0.0667. The number of benzene rings is 2. The van der Waals surface area contributed by atoms with Crippen molar-refractivity contribution in [2.24, 2.45) is 5.73 Å². The number of hydrogen-bond donors (Lipinski definition) is 2. The van der Waals surface area contributed by atoms with Gasteiger partial charge in [0.1, 0.15) is 0 Å². The zero-order chi connectivity index (χ0) is 14.5. The molecular weight excluding hydrogens is 320 g/mol. The van der Waals surface area contributed by atoms with Gasteiger partial charge in [0.05, 0.1) is 17.7 Å². The van der Waals surface area contributed by atoms with E-state index >= 15 is 0 Å². The number of halogens is 1. The smallest absolute Gasteiger partial charge is 0.250 e. The molecule has 0 fully saturated rings. The summed E-state index contributed by atoms with van der Waals surface area (Å²) in [6.45, 7) is 0. The molecule has 4 nitrogen and oxygen atoms in total. The van der Waals surface area contributed by atoms with E-state index in [0.717, 1.165) is 10.0 Å². The number of hydrogen-bond acceptors (Lipinski definition) is 2. The van der Waals surface area contributed by atoms with Crippen molar-refractivity contribution in [3.05, 3.63) is 64.1 Å². The van der Waals surface area contributed by atoms with Crippen LogP contribution < -0.4 is 11.1 Å². The van der Waals surface area contributed by atoms with Gasteiger partial charge in [-0.3, -0.25) is 9.59 Å². The molecule has 0 radical (unpaired) electrons. The average Bonchev–Trinajstić information content (AvgIpc) is 2.41. The Labute approximate surface area is 125 Å². The third-order valence-electron chi connectivity index (χ3n) is 2.74. The maximum Gasteiger partial charge on any atom is 0.250 e. The van der Waals surface area contributed by atoms with Crippen molar-refractivity contribution >= 4 is 33.4 Å². The molecule has 2 amide bonds. The Bertz CT molecular complexity index is 639. The van der Waals surface area contributed by atoms with E-state index < -0.39 is 5.91 Å². The van der Waals surface area contributed by atoms with Crippen molar-refractivity contribution in [2.45, 2.75) is 6.42 Å². The van der Waals surface area contributed by atoms with Gasteiger partial charge < -0.3 is 11.1 Å². The molecule has 0 heterocycles. The number of carbonyl (C=O) groups excluding carboxylic acids is 2. The molecule has 0 aliphatic rings. The van der Waals surface area contributed by atoms with Crippen molar-refractivity contribution in [1.29, 1.82) is 0 Å². The fourth-order valence-electron chi connectivity index (χ4n) is 1.79. The second kappa shape index (κ2) is 6.34. The second-order valence-corrected chi connectivity index (χ2v) is 5.18. The summed E-state index contributed by atoms with van der Waals surface area (Å²) < 4.78 is 0.959. The number of amides is 2. The first-order valence-corrected chi connectivity index (χ1v) is 6.78. The Kier molecular flexibility index (Phi) is 4.53. The molecule has 0 saturated heterocycles. The third-order valence-corrected chi connectivity index (χ3v) is 3.27. The SMILES string of the molecule is NC(=O)c1ccccc1NC(=O)Cc1ccc(Br)cc1. The predicted octanol–water partition coefficient (Wildman–Crippen LogP) is 2.73. The highest BCUT2D eigenvalue weighted by Gasteiger charge is 2.10. The summed E-state index contributed by atoms with van der Waals surface area (Å²) in [4.78, 5) is 23.2. The number of carbonyl (C=O) groups is 2. The van der Waals surface area contributed by atoms with Crippen LogP contribution in [0.3, 0.4) is 0 Å². The highest BCUT2D eigenvalue weighted by molar-refractivity contribution is 9.10. The summed E-state index contributed by atoms with van der Waals surface area (Å²) in [5, 5.41) is 2.70. The topological polar surface area (TPSA) is 72.2 Å². The van der Waals surface area contributed by atoms with Crippen molar-refractivity contribution in [3.8, 4) is 0 Å². The first-order valence-electron chi connectivity index (χ1n) is 5.99. The Morgan fingerprint density at radius 2 is 1.70 bits per heavy atom. The van der Waals surface area contributed by atoms with Gasteiger partial charge in [-0.05, 0) is 29.8 Å². The molecule has 3 N–H and O–H groups in total. The van der Waals surface area contributed by atoms with Crippen molar-refractivity contribution in [3.63, 3.8) is 0 Å². The average molecular weight is 333 g/mol. The monoisotopic (exact) mass is 332 g/mol. The number of primary amides is 1. The molecule has 0 bridgehead atoms. The van der Waals surface area contributed by atoms with Gasteiger partial charge in [0.15, 0.2) is 0 Å². The maximum atomic E-state index is 12.0. The van der Waals surface area contributed by atoms with Crippen LogP contribution in [0.4, 0.5) is 5.69 Å². The van der Waals surface area contributed by atoms with Crippen LogP contribution in [0.1, 0.15) is 15.9 Å². The molecule has 2 aromatic carbocycles. The van der Waals surface area contributed by atoms with E-state index in [4.69, 9.17) is 5.73 Å². The molecule has 20 heavy (non-hydrogen) atoms. The zero-order valence-corrected chi connectivity index (χ0v) is 12.2. The third kappa shape index (κ3) is 3.68. The van der Waals surface area contributed by atoms with Gasteiger partial charge in [-0.15, -0.1) is 0 Å². The van der Waals surface area contributed by atoms with Gasteiger partial charge in [-0.1, -0.05) is 40.2 Å². The summed E-state index contributed by atoms with van der Waals surface area (Å²) in [5.74, 6) is -0.759. The lowest BCUT2D eigenvalue weighted by Gasteiger charge is -2.08. The van der Waals surface area contributed by atoms with E-state index in [9.17, 15) is 9.59 Å². The number of nitrogens with two attached hydrogens (primary N) is 1. The molecular formula is C15H13BrN2O2. The minimum absolute atomic E-state index is 0.193. The Morgan fingerprint density at radius 1 is 1.05 bits per heavy atom. The Balaban J connectivity index is 2.08. The van der Waals surface area contributed by atoms with Crippen LogP contribution in [0.2, 0.25) is 0 Å². The molecule has 0 spiro atoms. The fourth-order valence-corrected chi connectivity index (χ4v) is 2.05. The quantitative estimate of drug-likeness (QED) is 0.903. The van der Waals surface area contributed by atoms with Crippen LogP contribution in [-0.2, 0) is 11.2 Å². The van der Waals surface area contributed by atoms with E-state index in [-0.39, 0.29) is 12.3 Å². The van der Waals surface area contributed by atoms with Crippen molar-refractivity contribution in [1.82, 2.24) is 0 Å². The number of para-hydroxylation sites is 1. The normalized spacial score (nSPS) is 10.1. The van der Waals surface area contributed by atoms with E-state index in [1.807, 2.05) is 24.3 Å². The minimum atomic E-state index is -0.565. The largest absolute Gasteiger partial charge is 0.366 e. The summed E-state index contributed by atoms with van der Waals surface area (Å²) in [6.07, 6.45) is 0.236. The van der Waals surface area contributed by atoms with Crippen molar-refractivity contribution < 1.29 is 9.59 Å². The van der Waals surface area contributed by atoms with E-state index in [1.54, 1.807) is 24.3 Å². The van der Waals surface area contributed by atoms with Crippen LogP contribution in [0, 0.1) is 0 Å². The van der Waals surface area contributed by atoms with Gasteiger partial charge in [0.2, 0.25) is 5.91 Å². The van der Waals surface area contributed by atoms with Crippen LogP contribution in [0.15, 0.2) is 53.0 Å². The molecule has 0 saturated carbocycles. The molecule has 0 aliphatic carbocycles. The van der Waals surface area contributed by atoms with E-state index in [2.05, 4.69) is 21.2 Å². The minimum Gasteiger partial charge on any atom is -0.366 e. The lowest BCUT2D eigenvalue weighted by Crippen LogP contribution is -2.19. The van der Waals surface area contributed by atoms with Gasteiger partial charge in [-0.25, -0.2) is 0 Å². The van der Waals surface area contributed by atoms with Crippen LogP contribution in [-0.4, -0.2) is 11.8 Å². The zero-order valence-electron chi connectivity index (χ0n) is 10.6. The van der Waals surface area contributed by atoms with Crippen LogP contribution in [0.5, 0.6) is 0 Å². The highest BCUT2D eigenvalue weighted by Crippen LogP contribution is 2.15. The van der Waals surface area contributed by atoms with Crippen LogP contribution >= 0.6 is 15.9 Å². The lowest BCUT2D eigenvalue weighted by atomic mass is 10.1. The van der Waals surface area contributed by atoms with Crippen LogP contribution in [0.25, 0.3) is 0 Å². The summed E-state index contributed by atoms with van der Waals surface area (Å²) >= 11 is 3.34. The van der Waals surface area contributed by atoms with E-state index in [1.165, 1.54) is 0 Å². The number of rotatable bonds is 4. The molecule has 0 atom stereocenters. The summed E-state index contributed by atoms with van der Waals surface area (Å²) in [5.41, 5.74) is 6.89. The Morgan fingerprint density at radius 3 is 2.35 bits per heavy atom. The molecule has 0 unspecified atom stereocenters. The second-order valence-electron chi connectivity index (χ2n) is 4.26. The molecule has 102 valence electrons. The number of nitrogens with one attached hydrogen (secondary N) is 1. The van der Waals surface area contributed by atoms with E-state index in [0.29, 0.717) is 11.3 Å². The summed E-state index contributed by atoms with van der Waals surface area (Å²) in [7, 11) is 0.